The fraction of sp³-hybridized carbons (Fsp3) is 0.250. The van der Waals surface area contributed by atoms with Crippen LogP contribution in [0.2, 0.25) is 0 Å². The van der Waals surface area contributed by atoms with Crippen LogP contribution in [-0.2, 0) is 4.74 Å². The predicted octanol–water partition coefficient (Wildman–Crippen LogP) is 5.29. The molecule has 1 saturated heterocycles. The highest BCUT2D eigenvalue weighted by Crippen LogP contribution is 2.35. The number of carbonyl (C=O) groups excluding carboxylic acids is 1. The second-order valence-electron chi connectivity index (χ2n) is 8.74. The van der Waals surface area contributed by atoms with Crippen molar-refractivity contribution in [2.75, 3.05) is 27.3 Å². The van der Waals surface area contributed by atoms with Crippen LogP contribution in [0.3, 0.4) is 0 Å². The number of nitriles is 1. The Hall–Kier alpha value is -4.15. The molecule has 0 bridgehead atoms. The van der Waals surface area contributed by atoms with E-state index >= 15 is 0 Å². The second kappa shape index (κ2) is 9.61. The lowest BCUT2D eigenvalue weighted by molar-refractivity contribution is 0.00732. The van der Waals surface area contributed by atoms with Gasteiger partial charge < -0.3 is 18.8 Å². The van der Waals surface area contributed by atoms with Crippen LogP contribution in [0.4, 0.5) is 0 Å². The van der Waals surface area contributed by atoms with Gasteiger partial charge in [-0.3, -0.25) is 9.78 Å². The van der Waals surface area contributed by atoms with E-state index in [4.69, 9.17) is 13.9 Å². The molecule has 1 aliphatic heterocycles. The summed E-state index contributed by atoms with van der Waals surface area (Å²) in [5.74, 6) is 1.16. The standard InChI is InChI=1S/C28H25N3O4/c1-31(2)28(32)19-7-5-18(6-8-19)26-15-24-27(35-26)23(11-12-30-24)20-9-10-25(21(14-20)16-29)34-22-4-3-13-33-17-22/h5-12,14-15,22H,3-4,13,17H2,1-2H3. The first-order valence-corrected chi connectivity index (χ1v) is 11.5. The van der Waals surface area contributed by atoms with Crippen molar-refractivity contribution in [2.24, 2.45) is 0 Å². The molecule has 0 saturated carbocycles. The van der Waals surface area contributed by atoms with Crippen molar-refractivity contribution in [2.45, 2.75) is 18.9 Å². The average molecular weight is 468 g/mol. The topological polar surface area (TPSA) is 88.6 Å². The summed E-state index contributed by atoms with van der Waals surface area (Å²) in [6, 6.07) is 18.9. The molecule has 0 radical (unpaired) electrons. The zero-order chi connectivity index (χ0) is 24.4. The Morgan fingerprint density at radius 3 is 2.63 bits per heavy atom. The molecule has 0 N–H and O–H groups in total. The lowest BCUT2D eigenvalue weighted by Gasteiger charge is -2.23. The van der Waals surface area contributed by atoms with Gasteiger partial charge in [0.15, 0.2) is 5.58 Å². The number of fused-ring (bicyclic) bond motifs is 1. The number of hydrogen-bond donors (Lipinski definition) is 0. The van der Waals surface area contributed by atoms with Crippen LogP contribution >= 0.6 is 0 Å². The van der Waals surface area contributed by atoms with Gasteiger partial charge in [-0.1, -0.05) is 18.2 Å². The van der Waals surface area contributed by atoms with Crippen molar-refractivity contribution in [3.8, 4) is 34.3 Å². The maximum Gasteiger partial charge on any atom is 0.253 e. The first-order valence-electron chi connectivity index (χ1n) is 11.5. The van der Waals surface area contributed by atoms with Crippen LogP contribution in [0.5, 0.6) is 5.75 Å². The van der Waals surface area contributed by atoms with Crippen LogP contribution in [0.15, 0.2) is 65.2 Å². The van der Waals surface area contributed by atoms with Crippen molar-refractivity contribution in [1.82, 2.24) is 9.88 Å². The Morgan fingerprint density at radius 1 is 1.11 bits per heavy atom. The molecule has 1 atom stereocenters. The van der Waals surface area contributed by atoms with Gasteiger partial charge in [0, 0.05) is 49.7 Å². The molecule has 1 unspecified atom stereocenters. The monoisotopic (exact) mass is 467 g/mol. The van der Waals surface area contributed by atoms with E-state index in [-0.39, 0.29) is 12.0 Å². The Balaban J connectivity index is 1.46. The third-order valence-electron chi connectivity index (χ3n) is 6.06. The van der Waals surface area contributed by atoms with E-state index in [1.54, 1.807) is 37.3 Å². The van der Waals surface area contributed by atoms with E-state index in [9.17, 15) is 10.1 Å². The van der Waals surface area contributed by atoms with Crippen molar-refractivity contribution in [3.63, 3.8) is 0 Å². The molecule has 0 spiro atoms. The van der Waals surface area contributed by atoms with Gasteiger partial charge in [0.05, 0.1) is 12.2 Å². The molecule has 1 fully saturated rings. The quantitative estimate of drug-likeness (QED) is 0.396. The van der Waals surface area contributed by atoms with E-state index in [0.717, 1.165) is 36.1 Å². The van der Waals surface area contributed by atoms with Gasteiger partial charge >= 0.3 is 0 Å². The van der Waals surface area contributed by atoms with Gasteiger partial charge in [-0.05, 0) is 48.7 Å². The van der Waals surface area contributed by atoms with E-state index < -0.39 is 0 Å². The van der Waals surface area contributed by atoms with Crippen molar-refractivity contribution >= 4 is 17.0 Å². The van der Waals surface area contributed by atoms with Crippen LogP contribution in [-0.4, -0.2) is 49.2 Å². The summed E-state index contributed by atoms with van der Waals surface area (Å²) in [7, 11) is 3.45. The summed E-state index contributed by atoms with van der Waals surface area (Å²) in [5, 5.41) is 9.76. The summed E-state index contributed by atoms with van der Waals surface area (Å²) < 4.78 is 17.8. The number of carbonyl (C=O) groups is 1. The molecule has 2 aromatic heterocycles. The first-order chi connectivity index (χ1) is 17.0. The zero-order valence-corrected chi connectivity index (χ0v) is 19.7. The van der Waals surface area contributed by atoms with Crippen molar-refractivity contribution in [1.29, 1.82) is 5.26 Å². The maximum atomic E-state index is 12.2. The highest BCUT2D eigenvalue weighted by atomic mass is 16.5. The summed E-state index contributed by atoms with van der Waals surface area (Å²) in [4.78, 5) is 18.2. The average Bonchev–Trinajstić information content (AvgIpc) is 3.34. The molecule has 1 amide bonds. The minimum atomic E-state index is -0.0538. The third kappa shape index (κ3) is 4.61. The molecule has 1 aliphatic rings. The number of nitrogens with zero attached hydrogens (tertiary/aromatic N) is 3. The van der Waals surface area contributed by atoms with E-state index in [1.807, 2.05) is 42.5 Å². The van der Waals surface area contributed by atoms with Crippen molar-refractivity contribution < 1.29 is 18.7 Å². The number of pyridine rings is 1. The smallest absolute Gasteiger partial charge is 0.253 e. The molecular weight excluding hydrogens is 442 g/mol. The number of ether oxygens (including phenoxy) is 2. The third-order valence-corrected chi connectivity index (χ3v) is 6.06. The highest BCUT2D eigenvalue weighted by molar-refractivity contribution is 5.95. The van der Waals surface area contributed by atoms with E-state index in [0.29, 0.717) is 40.3 Å². The summed E-state index contributed by atoms with van der Waals surface area (Å²) >= 11 is 0. The number of aromatic nitrogens is 1. The second-order valence-corrected chi connectivity index (χ2v) is 8.74. The van der Waals surface area contributed by atoms with Gasteiger partial charge in [0.1, 0.15) is 29.2 Å². The summed E-state index contributed by atoms with van der Waals surface area (Å²) in [5.41, 5.74) is 4.95. The van der Waals surface area contributed by atoms with Crippen LogP contribution in [0.1, 0.15) is 28.8 Å². The fourth-order valence-electron chi connectivity index (χ4n) is 4.21. The first kappa shape index (κ1) is 22.6. The Kier molecular flexibility index (Phi) is 6.21. The Morgan fingerprint density at radius 2 is 1.91 bits per heavy atom. The molecule has 0 aliphatic carbocycles. The summed E-state index contributed by atoms with van der Waals surface area (Å²) in [6.45, 7) is 1.29. The molecule has 35 heavy (non-hydrogen) atoms. The number of rotatable bonds is 5. The lowest BCUT2D eigenvalue weighted by Crippen LogP contribution is -2.28. The predicted molar refractivity (Wildman–Crippen MR) is 132 cm³/mol. The largest absolute Gasteiger partial charge is 0.487 e. The highest BCUT2D eigenvalue weighted by Gasteiger charge is 2.19. The summed E-state index contributed by atoms with van der Waals surface area (Å²) in [6.07, 6.45) is 3.55. The molecule has 7 nitrogen and oxygen atoms in total. The van der Waals surface area contributed by atoms with E-state index in [1.165, 1.54) is 0 Å². The molecule has 7 heteroatoms. The Bertz CT molecular complexity index is 1410. The molecule has 2 aromatic carbocycles. The van der Waals surface area contributed by atoms with Crippen LogP contribution in [0, 0.1) is 11.3 Å². The Labute approximate surface area is 203 Å². The number of furan rings is 1. The van der Waals surface area contributed by atoms with E-state index in [2.05, 4.69) is 11.1 Å². The SMILES string of the molecule is CN(C)C(=O)c1ccc(-c2cc3nccc(-c4ccc(OC5CCCOC5)c(C#N)c4)c3o2)cc1. The number of benzene rings is 2. The normalized spacial score (nSPS) is 15.5. The molecular formula is C28H25N3O4. The van der Waals surface area contributed by atoms with Gasteiger partial charge in [-0.25, -0.2) is 0 Å². The zero-order valence-electron chi connectivity index (χ0n) is 19.7. The molecule has 176 valence electrons. The van der Waals surface area contributed by atoms with Crippen LogP contribution in [0.25, 0.3) is 33.6 Å². The minimum Gasteiger partial charge on any atom is -0.487 e. The van der Waals surface area contributed by atoms with Gasteiger partial charge in [0.25, 0.3) is 5.91 Å². The van der Waals surface area contributed by atoms with Gasteiger partial charge in [-0.2, -0.15) is 5.26 Å². The molecule has 5 rings (SSSR count). The minimum absolute atomic E-state index is 0.0404. The molecule has 3 heterocycles. The van der Waals surface area contributed by atoms with Gasteiger partial charge in [0.2, 0.25) is 0 Å². The van der Waals surface area contributed by atoms with Gasteiger partial charge in [-0.15, -0.1) is 0 Å². The lowest BCUT2D eigenvalue weighted by atomic mass is 10.0. The number of amides is 1. The van der Waals surface area contributed by atoms with Crippen LogP contribution < -0.4 is 4.74 Å². The molecule has 4 aromatic rings. The van der Waals surface area contributed by atoms with Crippen molar-refractivity contribution in [3.05, 3.63) is 71.9 Å². The fourth-order valence-corrected chi connectivity index (χ4v) is 4.21. The number of hydrogen-bond acceptors (Lipinski definition) is 6. The maximum absolute atomic E-state index is 12.2.